The Balaban J connectivity index is 1.74. The molecule has 0 radical (unpaired) electrons. The fourth-order valence-electron chi connectivity index (χ4n) is 3.48. The highest BCUT2D eigenvalue weighted by atomic mass is 16.5. The Morgan fingerprint density at radius 2 is 1.67 bits per heavy atom. The lowest BCUT2D eigenvalue weighted by molar-refractivity contribution is -0.120. The number of rotatable bonds is 9. The summed E-state index contributed by atoms with van der Waals surface area (Å²) in [6.07, 6.45) is 4.00. The van der Waals surface area contributed by atoms with Gasteiger partial charge in [0.25, 0.3) is 0 Å². The second kappa shape index (κ2) is 10.6. The van der Waals surface area contributed by atoms with Crippen LogP contribution in [-0.2, 0) is 4.79 Å². The number of anilines is 1. The maximum Gasteiger partial charge on any atom is 0.227 e. The second-order valence-electron chi connectivity index (χ2n) is 7.45. The third-order valence-corrected chi connectivity index (χ3v) is 5.33. The fraction of sp³-hybridized carbons (Fsp3) is 0.308. The van der Waals surface area contributed by atoms with Crippen LogP contribution in [0.4, 0.5) is 5.69 Å². The number of amides is 1. The minimum Gasteiger partial charge on any atom is -0.497 e. The van der Waals surface area contributed by atoms with Crippen molar-refractivity contribution in [3.63, 3.8) is 0 Å². The predicted octanol–water partition coefficient (Wildman–Crippen LogP) is 6.58. The topological polar surface area (TPSA) is 51.2 Å². The highest BCUT2D eigenvalue weighted by Crippen LogP contribution is 2.26. The van der Waals surface area contributed by atoms with Gasteiger partial charge in [-0.25, -0.2) is 4.98 Å². The van der Waals surface area contributed by atoms with E-state index < -0.39 is 0 Å². The summed E-state index contributed by atoms with van der Waals surface area (Å²) in [5.41, 5.74) is 4.63. The molecule has 1 heterocycles. The summed E-state index contributed by atoms with van der Waals surface area (Å²) in [5, 5.41) is 3.06. The molecule has 0 unspecified atom stereocenters. The van der Waals surface area contributed by atoms with Gasteiger partial charge in [-0.1, -0.05) is 57.0 Å². The molecule has 0 saturated heterocycles. The van der Waals surface area contributed by atoms with E-state index in [0.29, 0.717) is 0 Å². The maximum atomic E-state index is 12.5. The maximum absolute atomic E-state index is 12.5. The molecular weight excluding hydrogens is 372 g/mol. The van der Waals surface area contributed by atoms with Crippen LogP contribution in [0.2, 0.25) is 0 Å². The van der Waals surface area contributed by atoms with E-state index >= 15 is 0 Å². The number of nitrogens with one attached hydrogen (secondary N) is 1. The largest absolute Gasteiger partial charge is 0.497 e. The number of aromatic nitrogens is 1. The summed E-state index contributed by atoms with van der Waals surface area (Å²) in [7, 11) is 1.66. The Labute approximate surface area is 179 Å². The van der Waals surface area contributed by atoms with E-state index in [9.17, 15) is 4.79 Å². The number of carbonyl (C=O) groups excluding carboxylic acids is 1. The number of benzene rings is 2. The molecule has 30 heavy (non-hydrogen) atoms. The molecule has 1 amide bonds. The van der Waals surface area contributed by atoms with Crippen molar-refractivity contribution in [1.82, 2.24) is 4.98 Å². The van der Waals surface area contributed by atoms with Gasteiger partial charge in [-0.15, -0.1) is 0 Å². The standard InChI is InChI=1S/C26H30N2O2/c1-4-6-9-19(5-2)26(29)27-22-16-14-20(15-17-22)24-12-8-13-25(28-24)21-10-7-11-23(18-21)30-3/h7-8,10-19H,4-6,9H2,1-3H3,(H,27,29)/t19-/m1/s1. The molecule has 3 rings (SSSR count). The molecule has 0 spiro atoms. The zero-order valence-electron chi connectivity index (χ0n) is 18.0. The Kier molecular flexibility index (Phi) is 7.61. The lowest BCUT2D eigenvalue weighted by Gasteiger charge is -2.15. The Bertz CT molecular complexity index is 967. The quantitative estimate of drug-likeness (QED) is 0.440. The van der Waals surface area contributed by atoms with Crippen LogP contribution in [0.15, 0.2) is 66.7 Å². The highest BCUT2D eigenvalue weighted by Gasteiger charge is 2.16. The van der Waals surface area contributed by atoms with E-state index in [1.165, 1.54) is 0 Å². The SMILES string of the molecule is CCCC[C@@H](CC)C(=O)Nc1ccc(-c2cccc(-c3cccc(OC)c3)n2)cc1. The van der Waals surface area contributed by atoms with E-state index in [2.05, 4.69) is 19.2 Å². The van der Waals surface area contributed by atoms with Crippen LogP contribution in [0, 0.1) is 5.92 Å². The number of ether oxygens (including phenoxy) is 1. The first-order valence-electron chi connectivity index (χ1n) is 10.7. The van der Waals surface area contributed by atoms with Gasteiger partial charge in [-0.2, -0.15) is 0 Å². The van der Waals surface area contributed by atoms with Crippen molar-refractivity contribution >= 4 is 11.6 Å². The van der Waals surface area contributed by atoms with Crippen LogP contribution in [-0.4, -0.2) is 18.0 Å². The molecular formula is C26H30N2O2. The normalized spacial score (nSPS) is 11.7. The van der Waals surface area contributed by atoms with Crippen LogP contribution in [0.5, 0.6) is 5.75 Å². The monoisotopic (exact) mass is 402 g/mol. The summed E-state index contributed by atoms with van der Waals surface area (Å²) < 4.78 is 5.32. The summed E-state index contributed by atoms with van der Waals surface area (Å²) >= 11 is 0. The second-order valence-corrected chi connectivity index (χ2v) is 7.45. The van der Waals surface area contributed by atoms with Gasteiger partial charge >= 0.3 is 0 Å². The third kappa shape index (κ3) is 5.47. The van der Waals surface area contributed by atoms with Gasteiger partial charge in [0.15, 0.2) is 0 Å². The van der Waals surface area contributed by atoms with Gasteiger partial charge in [0, 0.05) is 22.7 Å². The average molecular weight is 403 g/mol. The Morgan fingerprint density at radius 3 is 2.33 bits per heavy atom. The Morgan fingerprint density at radius 1 is 0.967 bits per heavy atom. The lowest BCUT2D eigenvalue weighted by Crippen LogP contribution is -2.22. The zero-order chi connectivity index (χ0) is 21.3. The highest BCUT2D eigenvalue weighted by molar-refractivity contribution is 5.92. The third-order valence-electron chi connectivity index (χ3n) is 5.33. The first-order valence-corrected chi connectivity index (χ1v) is 10.7. The summed E-state index contributed by atoms with van der Waals surface area (Å²) in [4.78, 5) is 17.3. The van der Waals surface area contributed by atoms with Crippen LogP contribution < -0.4 is 10.1 Å². The molecule has 0 bridgehead atoms. The smallest absolute Gasteiger partial charge is 0.227 e. The van der Waals surface area contributed by atoms with E-state index in [-0.39, 0.29) is 11.8 Å². The van der Waals surface area contributed by atoms with E-state index in [1.54, 1.807) is 7.11 Å². The van der Waals surface area contributed by atoms with Gasteiger partial charge in [-0.3, -0.25) is 4.79 Å². The summed E-state index contributed by atoms with van der Waals surface area (Å²) in [6, 6.07) is 21.8. The molecule has 2 aromatic carbocycles. The molecule has 0 aliphatic carbocycles. The predicted molar refractivity (Wildman–Crippen MR) is 124 cm³/mol. The van der Waals surface area contributed by atoms with Gasteiger partial charge in [0.2, 0.25) is 5.91 Å². The molecule has 1 atom stereocenters. The van der Waals surface area contributed by atoms with Gasteiger partial charge in [0.05, 0.1) is 18.5 Å². The number of hydrogen-bond donors (Lipinski definition) is 1. The summed E-state index contributed by atoms with van der Waals surface area (Å²) in [6.45, 7) is 4.23. The first-order chi connectivity index (χ1) is 14.6. The Hall–Kier alpha value is -3.14. The van der Waals surface area contributed by atoms with Crippen molar-refractivity contribution < 1.29 is 9.53 Å². The molecule has 0 fully saturated rings. The van der Waals surface area contributed by atoms with Gasteiger partial charge in [-0.05, 0) is 49.2 Å². The minimum atomic E-state index is 0.0749. The van der Waals surface area contributed by atoms with Crippen molar-refractivity contribution in [2.75, 3.05) is 12.4 Å². The average Bonchev–Trinajstić information content (AvgIpc) is 2.80. The molecule has 0 aliphatic heterocycles. The number of pyridine rings is 1. The first kappa shape index (κ1) is 21.6. The summed E-state index contributed by atoms with van der Waals surface area (Å²) in [5.74, 6) is 0.992. The number of methoxy groups -OCH3 is 1. The fourth-order valence-corrected chi connectivity index (χ4v) is 3.48. The molecule has 3 aromatic rings. The molecule has 1 aromatic heterocycles. The number of hydrogen-bond acceptors (Lipinski definition) is 3. The van der Waals surface area contributed by atoms with E-state index in [4.69, 9.17) is 9.72 Å². The van der Waals surface area contributed by atoms with Gasteiger partial charge < -0.3 is 10.1 Å². The van der Waals surface area contributed by atoms with E-state index in [0.717, 1.165) is 59.6 Å². The lowest BCUT2D eigenvalue weighted by atomic mass is 9.98. The van der Waals surface area contributed by atoms with Gasteiger partial charge in [0.1, 0.15) is 5.75 Å². The number of nitrogens with zero attached hydrogens (tertiary/aromatic N) is 1. The van der Waals surface area contributed by atoms with Crippen molar-refractivity contribution in [3.8, 4) is 28.3 Å². The van der Waals surface area contributed by atoms with Crippen LogP contribution in [0.1, 0.15) is 39.5 Å². The van der Waals surface area contributed by atoms with Crippen molar-refractivity contribution in [2.24, 2.45) is 5.92 Å². The van der Waals surface area contributed by atoms with Crippen molar-refractivity contribution in [2.45, 2.75) is 39.5 Å². The van der Waals surface area contributed by atoms with Crippen LogP contribution in [0.3, 0.4) is 0 Å². The molecule has 4 heteroatoms. The van der Waals surface area contributed by atoms with Crippen LogP contribution in [0.25, 0.3) is 22.5 Å². The molecule has 156 valence electrons. The van der Waals surface area contributed by atoms with Crippen LogP contribution >= 0.6 is 0 Å². The van der Waals surface area contributed by atoms with Crippen molar-refractivity contribution in [1.29, 1.82) is 0 Å². The number of unbranched alkanes of at least 4 members (excludes halogenated alkanes) is 1. The minimum absolute atomic E-state index is 0.0749. The zero-order valence-corrected chi connectivity index (χ0v) is 18.0. The molecule has 0 aliphatic rings. The number of carbonyl (C=O) groups is 1. The molecule has 0 saturated carbocycles. The van der Waals surface area contributed by atoms with E-state index in [1.807, 2.05) is 66.7 Å². The van der Waals surface area contributed by atoms with Crippen molar-refractivity contribution in [3.05, 3.63) is 66.7 Å². The molecule has 1 N–H and O–H groups in total. The molecule has 4 nitrogen and oxygen atoms in total.